The van der Waals surface area contributed by atoms with Crippen molar-refractivity contribution in [3.8, 4) is 5.69 Å². The van der Waals surface area contributed by atoms with Crippen molar-refractivity contribution >= 4 is 11.7 Å². The number of nitrogens with zero attached hydrogens (tertiary/aromatic N) is 2. The Kier molecular flexibility index (Phi) is 5.84. The van der Waals surface area contributed by atoms with E-state index in [0.717, 1.165) is 17.9 Å². The smallest absolute Gasteiger partial charge is 0.319 e. The Morgan fingerprint density at radius 3 is 2.92 bits per heavy atom. The molecule has 0 aliphatic carbocycles. The molecule has 0 unspecified atom stereocenters. The lowest BCUT2D eigenvalue weighted by molar-refractivity contribution is 0.104. The first-order chi connectivity index (χ1) is 12.3. The quantitative estimate of drug-likeness (QED) is 0.617. The number of carbonyl (C=O) groups is 1. The van der Waals surface area contributed by atoms with Gasteiger partial charge in [-0.25, -0.2) is 9.48 Å². The lowest BCUT2D eigenvalue weighted by atomic mass is 10.2. The van der Waals surface area contributed by atoms with Gasteiger partial charge in [-0.1, -0.05) is 12.1 Å². The number of amides is 2. The minimum absolute atomic E-state index is 0.259. The molecule has 25 heavy (non-hydrogen) atoms. The van der Waals surface area contributed by atoms with Gasteiger partial charge in [0.2, 0.25) is 0 Å². The van der Waals surface area contributed by atoms with Gasteiger partial charge in [0.15, 0.2) is 0 Å². The van der Waals surface area contributed by atoms with Crippen molar-refractivity contribution in [2.75, 3.05) is 18.5 Å². The molecule has 0 radical (unpaired) electrons. The number of ether oxygens (including phenoxy) is 1. The van der Waals surface area contributed by atoms with Crippen LogP contribution in [0.5, 0.6) is 0 Å². The SMILES string of the molecule is O=C(NCCCOCc1ccco1)Nc1ccccc1-n1cccn1. The summed E-state index contributed by atoms with van der Waals surface area (Å²) in [5.74, 6) is 0.793. The summed E-state index contributed by atoms with van der Waals surface area (Å²) in [5.41, 5.74) is 1.50. The molecule has 0 saturated carbocycles. The fourth-order valence-corrected chi connectivity index (χ4v) is 2.30. The summed E-state index contributed by atoms with van der Waals surface area (Å²) in [6.45, 7) is 1.51. The van der Waals surface area contributed by atoms with Gasteiger partial charge in [0, 0.05) is 25.5 Å². The molecule has 0 saturated heterocycles. The number of urea groups is 1. The van der Waals surface area contributed by atoms with Crippen molar-refractivity contribution < 1.29 is 13.9 Å². The summed E-state index contributed by atoms with van der Waals surface area (Å²) in [4.78, 5) is 12.0. The van der Waals surface area contributed by atoms with Gasteiger partial charge >= 0.3 is 6.03 Å². The molecular formula is C18H20N4O3. The van der Waals surface area contributed by atoms with Crippen LogP contribution in [0.4, 0.5) is 10.5 Å². The van der Waals surface area contributed by atoms with Crippen LogP contribution < -0.4 is 10.6 Å². The van der Waals surface area contributed by atoms with E-state index in [1.54, 1.807) is 17.1 Å². The first-order valence-corrected chi connectivity index (χ1v) is 8.07. The maximum absolute atomic E-state index is 12.0. The number of benzene rings is 1. The Hall–Kier alpha value is -3.06. The zero-order valence-electron chi connectivity index (χ0n) is 13.7. The summed E-state index contributed by atoms with van der Waals surface area (Å²) < 4.78 is 12.4. The third kappa shape index (κ3) is 4.95. The van der Waals surface area contributed by atoms with Gasteiger partial charge in [0.25, 0.3) is 0 Å². The minimum atomic E-state index is -0.259. The molecule has 3 aromatic rings. The lowest BCUT2D eigenvalue weighted by Gasteiger charge is -2.12. The van der Waals surface area contributed by atoms with Gasteiger partial charge in [-0.05, 0) is 36.8 Å². The normalized spacial score (nSPS) is 10.6. The fourth-order valence-electron chi connectivity index (χ4n) is 2.30. The number of nitrogens with one attached hydrogen (secondary N) is 2. The standard InChI is InChI=1S/C18H20N4O3/c23-18(19-9-5-12-24-14-15-6-3-13-25-15)21-16-7-1-2-8-17(16)22-11-4-10-20-22/h1-4,6-8,10-11,13H,5,9,12,14H2,(H2,19,21,23). The molecule has 7 heteroatoms. The van der Waals surface area contributed by atoms with E-state index in [4.69, 9.17) is 9.15 Å². The van der Waals surface area contributed by atoms with Crippen LogP contribution in [0.15, 0.2) is 65.5 Å². The van der Waals surface area contributed by atoms with Gasteiger partial charge in [-0.2, -0.15) is 5.10 Å². The molecule has 2 N–H and O–H groups in total. The summed E-state index contributed by atoms with van der Waals surface area (Å²) >= 11 is 0. The van der Waals surface area contributed by atoms with E-state index in [1.165, 1.54) is 0 Å². The molecule has 7 nitrogen and oxygen atoms in total. The fraction of sp³-hybridized carbons (Fsp3) is 0.222. The highest BCUT2D eigenvalue weighted by molar-refractivity contribution is 5.91. The van der Waals surface area contributed by atoms with Crippen molar-refractivity contribution in [3.63, 3.8) is 0 Å². The first kappa shape index (κ1) is 16.8. The van der Waals surface area contributed by atoms with Crippen LogP contribution in [0.2, 0.25) is 0 Å². The molecule has 0 aliphatic heterocycles. The van der Waals surface area contributed by atoms with Crippen LogP contribution in [0.25, 0.3) is 5.69 Å². The number of furan rings is 1. The molecule has 1 aromatic carbocycles. The third-order valence-corrected chi connectivity index (χ3v) is 3.48. The van der Waals surface area contributed by atoms with E-state index in [9.17, 15) is 4.79 Å². The highest BCUT2D eigenvalue weighted by Gasteiger charge is 2.07. The Labute approximate surface area is 145 Å². The largest absolute Gasteiger partial charge is 0.467 e. The van der Waals surface area contributed by atoms with E-state index in [0.29, 0.717) is 25.4 Å². The third-order valence-electron chi connectivity index (χ3n) is 3.48. The van der Waals surface area contributed by atoms with Crippen LogP contribution in [-0.2, 0) is 11.3 Å². The van der Waals surface area contributed by atoms with Crippen molar-refractivity contribution in [1.82, 2.24) is 15.1 Å². The number of carbonyl (C=O) groups excluding carboxylic acids is 1. The van der Waals surface area contributed by atoms with Crippen molar-refractivity contribution in [2.45, 2.75) is 13.0 Å². The zero-order chi connectivity index (χ0) is 17.3. The molecule has 2 aromatic heterocycles. The van der Waals surface area contributed by atoms with Gasteiger partial charge in [0.1, 0.15) is 12.4 Å². The van der Waals surface area contributed by atoms with Crippen LogP contribution in [0, 0.1) is 0 Å². The highest BCUT2D eigenvalue weighted by Crippen LogP contribution is 2.18. The molecular weight excluding hydrogens is 320 g/mol. The molecule has 3 rings (SSSR count). The maximum atomic E-state index is 12.0. The highest BCUT2D eigenvalue weighted by atomic mass is 16.5. The molecule has 0 bridgehead atoms. The van der Waals surface area contributed by atoms with E-state index in [-0.39, 0.29) is 6.03 Å². The van der Waals surface area contributed by atoms with Crippen LogP contribution in [0.1, 0.15) is 12.2 Å². The molecule has 0 aliphatic rings. The van der Waals surface area contributed by atoms with Crippen LogP contribution >= 0.6 is 0 Å². The second-order valence-electron chi connectivity index (χ2n) is 5.33. The molecule has 2 amide bonds. The van der Waals surface area contributed by atoms with Gasteiger partial charge in [-0.15, -0.1) is 0 Å². The second-order valence-corrected chi connectivity index (χ2v) is 5.33. The van der Waals surface area contributed by atoms with E-state index >= 15 is 0 Å². The second kappa shape index (κ2) is 8.70. The Morgan fingerprint density at radius 1 is 1.20 bits per heavy atom. The molecule has 0 atom stereocenters. The number of hydrogen-bond acceptors (Lipinski definition) is 4. The van der Waals surface area contributed by atoms with Crippen molar-refractivity contribution in [2.24, 2.45) is 0 Å². The minimum Gasteiger partial charge on any atom is -0.467 e. The van der Waals surface area contributed by atoms with E-state index in [2.05, 4.69) is 15.7 Å². The number of aromatic nitrogens is 2. The Balaban J connectivity index is 1.40. The van der Waals surface area contributed by atoms with Gasteiger partial charge < -0.3 is 19.8 Å². The predicted molar refractivity (Wildman–Crippen MR) is 93.6 cm³/mol. The maximum Gasteiger partial charge on any atom is 0.319 e. The topological polar surface area (TPSA) is 81.3 Å². The Bertz CT molecular complexity index is 769. The Morgan fingerprint density at radius 2 is 2.12 bits per heavy atom. The van der Waals surface area contributed by atoms with Crippen molar-refractivity contribution in [3.05, 3.63) is 66.9 Å². The average molecular weight is 340 g/mol. The number of hydrogen-bond donors (Lipinski definition) is 2. The van der Waals surface area contributed by atoms with Crippen molar-refractivity contribution in [1.29, 1.82) is 0 Å². The molecule has 2 heterocycles. The molecule has 0 fully saturated rings. The zero-order valence-corrected chi connectivity index (χ0v) is 13.7. The number of para-hydroxylation sites is 2. The average Bonchev–Trinajstić information content (AvgIpc) is 3.32. The molecule has 0 spiro atoms. The summed E-state index contributed by atoms with van der Waals surface area (Å²) in [6.07, 6.45) is 5.86. The van der Waals surface area contributed by atoms with E-state index in [1.807, 2.05) is 48.7 Å². The summed E-state index contributed by atoms with van der Waals surface area (Å²) in [6, 6.07) is 12.8. The number of anilines is 1. The summed E-state index contributed by atoms with van der Waals surface area (Å²) in [5, 5.41) is 9.85. The lowest BCUT2D eigenvalue weighted by Crippen LogP contribution is -2.30. The number of rotatable bonds is 8. The van der Waals surface area contributed by atoms with Gasteiger partial charge in [0.05, 0.1) is 17.6 Å². The van der Waals surface area contributed by atoms with Crippen LogP contribution in [-0.4, -0.2) is 29.0 Å². The van der Waals surface area contributed by atoms with Gasteiger partial charge in [-0.3, -0.25) is 0 Å². The monoisotopic (exact) mass is 340 g/mol. The summed E-state index contributed by atoms with van der Waals surface area (Å²) in [7, 11) is 0. The van der Waals surface area contributed by atoms with Crippen LogP contribution in [0.3, 0.4) is 0 Å². The first-order valence-electron chi connectivity index (χ1n) is 8.07. The molecule has 130 valence electrons. The predicted octanol–water partition coefficient (Wildman–Crippen LogP) is 3.19. The van der Waals surface area contributed by atoms with E-state index < -0.39 is 0 Å².